The minimum Gasteiger partial charge on any atom is -0.478 e. The topological polar surface area (TPSA) is 75.9 Å². The van der Waals surface area contributed by atoms with Gasteiger partial charge in [0.1, 0.15) is 12.3 Å². The second-order valence-corrected chi connectivity index (χ2v) is 6.52. The van der Waals surface area contributed by atoms with Crippen LogP contribution in [0.15, 0.2) is 18.2 Å². The van der Waals surface area contributed by atoms with Crippen LogP contribution in [0.3, 0.4) is 0 Å². The Hall–Kier alpha value is -2.24. The molecule has 2 heterocycles. The maximum absolute atomic E-state index is 12.8. The third-order valence-corrected chi connectivity index (χ3v) is 4.39. The highest BCUT2D eigenvalue weighted by molar-refractivity contribution is 6.04. The molecule has 2 aliphatic heterocycles. The van der Waals surface area contributed by atoms with Crippen LogP contribution in [0.5, 0.6) is 5.75 Å². The lowest BCUT2D eigenvalue weighted by molar-refractivity contribution is -0.133. The van der Waals surface area contributed by atoms with Crippen molar-refractivity contribution in [1.29, 1.82) is 0 Å². The highest BCUT2D eigenvalue weighted by atomic mass is 16.5. The van der Waals surface area contributed by atoms with Crippen molar-refractivity contribution >= 4 is 23.2 Å². The molecule has 2 N–H and O–H groups in total. The molecule has 6 heteroatoms. The molecule has 1 aromatic rings. The number of carbonyl (C=O) groups excluding carboxylic acids is 2. The lowest BCUT2D eigenvalue weighted by Gasteiger charge is -2.36. The molecule has 0 spiro atoms. The number of likely N-dealkylation sites (tertiary alicyclic amines) is 1. The molecule has 23 heavy (non-hydrogen) atoms. The highest BCUT2D eigenvalue weighted by Crippen LogP contribution is 2.37. The van der Waals surface area contributed by atoms with Crippen LogP contribution >= 0.6 is 0 Å². The summed E-state index contributed by atoms with van der Waals surface area (Å²) in [5.41, 5.74) is 6.97. The number of carbonyl (C=O) groups is 2. The second-order valence-electron chi connectivity index (χ2n) is 6.52. The van der Waals surface area contributed by atoms with E-state index in [0.717, 1.165) is 25.9 Å². The molecule has 0 aromatic heterocycles. The van der Waals surface area contributed by atoms with Crippen LogP contribution in [0.25, 0.3) is 0 Å². The van der Waals surface area contributed by atoms with Crippen molar-refractivity contribution in [3.63, 3.8) is 0 Å². The van der Waals surface area contributed by atoms with E-state index in [-0.39, 0.29) is 24.3 Å². The average Bonchev–Trinajstić information content (AvgIpc) is 3.04. The second kappa shape index (κ2) is 6.10. The van der Waals surface area contributed by atoms with Crippen molar-refractivity contribution in [2.75, 3.05) is 30.3 Å². The van der Waals surface area contributed by atoms with Gasteiger partial charge in [-0.05, 0) is 37.0 Å². The Morgan fingerprint density at radius 3 is 2.70 bits per heavy atom. The van der Waals surface area contributed by atoms with Crippen LogP contribution < -0.4 is 15.4 Å². The van der Waals surface area contributed by atoms with E-state index in [1.807, 2.05) is 18.7 Å². The third-order valence-electron chi connectivity index (χ3n) is 4.39. The Kier molecular flexibility index (Phi) is 4.15. The summed E-state index contributed by atoms with van der Waals surface area (Å²) < 4.78 is 5.83. The van der Waals surface area contributed by atoms with Crippen LogP contribution in [0.4, 0.5) is 11.4 Å². The van der Waals surface area contributed by atoms with Crippen molar-refractivity contribution in [2.24, 2.45) is 5.92 Å². The standard InChI is InChI=1S/C17H23N3O3/c1-11(2)16-17(22)20(10-15(21)19-7-3-4-8-19)13-9-12(18)5-6-14(13)23-16/h5-6,9,11,16H,3-4,7-8,10,18H2,1-2H3. The van der Waals surface area contributed by atoms with E-state index in [0.29, 0.717) is 17.1 Å². The molecule has 2 aliphatic rings. The molecule has 124 valence electrons. The molecule has 6 nitrogen and oxygen atoms in total. The average molecular weight is 317 g/mol. The van der Waals surface area contributed by atoms with Gasteiger partial charge in [-0.25, -0.2) is 0 Å². The smallest absolute Gasteiger partial charge is 0.268 e. The quantitative estimate of drug-likeness (QED) is 0.860. The zero-order valence-electron chi connectivity index (χ0n) is 13.6. The van der Waals surface area contributed by atoms with Crippen molar-refractivity contribution < 1.29 is 14.3 Å². The van der Waals surface area contributed by atoms with Gasteiger partial charge in [0.15, 0.2) is 6.10 Å². The van der Waals surface area contributed by atoms with Crippen molar-refractivity contribution in [1.82, 2.24) is 4.90 Å². The number of benzene rings is 1. The van der Waals surface area contributed by atoms with E-state index in [2.05, 4.69) is 0 Å². The number of anilines is 2. The van der Waals surface area contributed by atoms with Gasteiger partial charge in [0, 0.05) is 18.8 Å². The fourth-order valence-corrected chi connectivity index (χ4v) is 3.09. The molecular formula is C17H23N3O3. The van der Waals surface area contributed by atoms with Gasteiger partial charge in [-0.2, -0.15) is 0 Å². The number of amides is 2. The first-order valence-corrected chi connectivity index (χ1v) is 8.12. The van der Waals surface area contributed by atoms with Crippen molar-refractivity contribution in [3.05, 3.63) is 18.2 Å². The Labute approximate surface area is 136 Å². The summed E-state index contributed by atoms with van der Waals surface area (Å²) in [5.74, 6) is 0.434. The lowest BCUT2D eigenvalue weighted by atomic mass is 10.0. The lowest BCUT2D eigenvalue weighted by Crippen LogP contribution is -2.51. The van der Waals surface area contributed by atoms with E-state index < -0.39 is 6.10 Å². The summed E-state index contributed by atoms with van der Waals surface area (Å²) in [6.45, 7) is 5.46. The molecule has 1 fully saturated rings. The molecular weight excluding hydrogens is 294 g/mol. The van der Waals surface area contributed by atoms with Gasteiger partial charge >= 0.3 is 0 Å². The minimum absolute atomic E-state index is 0.0198. The van der Waals surface area contributed by atoms with Gasteiger partial charge in [0.2, 0.25) is 5.91 Å². The summed E-state index contributed by atoms with van der Waals surface area (Å²) >= 11 is 0. The first-order valence-electron chi connectivity index (χ1n) is 8.12. The predicted octanol–water partition coefficient (Wildman–Crippen LogP) is 1.64. The van der Waals surface area contributed by atoms with Crippen LogP contribution in [0.2, 0.25) is 0 Å². The monoisotopic (exact) mass is 317 g/mol. The van der Waals surface area contributed by atoms with Crippen LogP contribution in [-0.2, 0) is 9.59 Å². The molecule has 1 unspecified atom stereocenters. The molecule has 2 amide bonds. The minimum atomic E-state index is -0.572. The Morgan fingerprint density at radius 2 is 2.04 bits per heavy atom. The van der Waals surface area contributed by atoms with Gasteiger partial charge in [-0.1, -0.05) is 13.8 Å². The normalized spacial score (nSPS) is 20.7. The largest absolute Gasteiger partial charge is 0.478 e. The summed E-state index contributed by atoms with van der Waals surface area (Å²) in [6.07, 6.45) is 1.49. The first-order chi connectivity index (χ1) is 11.0. The SMILES string of the molecule is CC(C)C1Oc2ccc(N)cc2N(CC(=O)N2CCCC2)C1=O. The van der Waals surface area contributed by atoms with Crippen molar-refractivity contribution in [2.45, 2.75) is 32.8 Å². The van der Waals surface area contributed by atoms with E-state index in [4.69, 9.17) is 10.5 Å². The fraction of sp³-hybridized carbons (Fsp3) is 0.529. The fourth-order valence-electron chi connectivity index (χ4n) is 3.09. The van der Waals surface area contributed by atoms with E-state index in [1.54, 1.807) is 18.2 Å². The number of nitrogens with two attached hydrogens (primary N) is 1. The zero-order chi connectivity index (χ0) is 16.6. The Morgan fingerprint density at radius 1 is 1.35 bits per heavy atom. The number of fused-ring (bicyclic) bond motifs is 1. The Bertz CT molecular complexity index is 624. The maximum atomic E-state index is 12.8. The molecule has 0 bridgehead atoms. The molecule has 3 rings (SSSR count). The molecule has 0 radical (unpaired) electrons. The number of hydrogen-bond acceptors (Lipinski definition) is 4. The van der Waals surface area contributed by atoms with Gasteiger partial charge in [0.25, 0.3) is 5.91 Å². The third kappa shape index (κ3) is 2.98. The number of nitrogens with zero attached hydrogens (tertiary/aromatic N) is 2. The summed E-state index contributed by atoms with van der Waals surface area (Å²) in [5, 5.41) is 0. The van der Waals surface area contributed by atoms with Gasteiger partial charge < -0.3 is 15.4 Å². The Balaban J connectivity index is 1.90. The van der Waals surface area contributed by atoms with E-state index >= 15 is 0 Å². The van der Waals surface area contributed by atoms with Crippen LogP contribution in [0, 0.1) is 5.92 Å². The molecule has 0 saturated carbocycles. The van der Waals surface area contributed by atoms with E-state index in [1.165, 1.54) is 4.90 Å². The molecule has 1 aromatic carbocycles. The molecule has 1 atom stereocenters. The number of nitrogen functional groups attached to an aromatic ring is 1. The van der Waals surface area contributed by atoms with Crippen LogP contribution in [-0.4, -0.2) is 42.5 Å². The predicted molar refractivity (Wildman–Crippen MR) is 88.3 cm³/mol. The van der Waals surface area contributed by atoms with Crippen LogP contribution in [0.1, 0.15) is 26.7 Å². The number of rotatable bonds is 3. The van der Waals surface area contributed by atoms with Gasteiger partial charge in [-0.3, -0.25) is 14.5 Å². The summed E-state index contributed by atoms with van der Waals surface area (Å²) in [6, 6.07) is 5.20. The van der Waals surface area contributed by atoms with Gasteiger partial charge in [-0.15, -0.1) is 0 Å². The summed E-state index contributed by atoms with van der Waals surface area (Å²) in [7, 11) is 0. The van der Waals surface area contributed by atoms with E-state index in [9.17, 15) is 9.59 Å². The summed E-state index contributed by atoms with van der Waals surface area (Å²) in [4.78, 5) is 28.6. The number of ether oxygens (including phenoxy) is 1. The first kappa shape index (κ1) is 15.6. The zero-order valence-corrected chi connectivity index (χ0v) is 13.6. The van der Waals surface area contributed by atoms with Gasteiger partial charge in [0.05, 0.1) is 5.69 Å². The van der Waals surface area contributed by atoms with Crippen molar-refractivity contribution in [3.8, 4) is 5.75 Å². The number of hydrogen-bond donors (Lipinski definition) is 1. The molecule has 1 saturated heterocycles. The maximum Gasteiger partial charge on any atom is 0.268 e. The molecule has 0 aliphatic carbocycles. The highest BCUT2D eigenvalue weighted by Gasteiger charge is 2.38.